The van der Waals surface area contributed by atoms with Gasteiger partial charge in [-0.25, -0.2) is 0 Å². The maximum Gasteiger partial charge on any atom is 0.227 e. The molecule has 0 aromatic heterocycles. The molecule has 21 heavy (non-hydrogen) atoms. The first-order valence-electron chi connectivity index (χ1n) is 8.11. The summed E-state index contributed by atoms with van der Waals surface area (Å²) in [5.41, 5.74) is 2.56. The molecule has 1 unspecified atom stereocenters. The van der Waals surface area contributed by atoms with Gasteiger partial charge in [0.1, 0.15) is 0 Å². The summed E-state index contributed by atoms with van der Waals surface area (Å²) in [6, 6.07) is 8.34. The number of fused-ring (bicyclic) bond motifs is 1. The second-order valence-corrected chi connectivity index (χ2v) is 6.26. The molecule has 0 heterocycles. The zero-order chi connectivity index (χ0) is 15.1. The maximum atomic E-state index is 12.3. The van der Waals surface area contributed by atoms with E-state index < -0.39 is 0 Å². The van der Waals surface area contributed by atoms with Gasteiger partial charge in [-0.15, -0.1) is 0 Å². The van der Waals surface area contributed by atoms with Crippen molar-refractivity contribution >= 4 is 5.91 Å². The highest BCUT2D eigenvalue weighted by Gasteiger charge is 2.25. The molecule has 3 heteroatoms. The molecule has 1 aromatic carbocycles. The van der Waals surface area contributed by atoms with E-state index in [1.54, 1.807) is 0 Å². The number of ether oxygens (including phenoxy) is 1. The number of hydrogen-bond donors (Lipinski definition) is 1. The second-order valence-electron chi connectivity index (χ2n) is 6.26. The van der Waals surface area contributed by atoms with Crippen molar-refractivity contribution in [1.29, 1.82) is 0 Å². The van der Waals surface area contributed by atoms with Crippen LogP contribution < -0.4 is 5.32 Å². The Hall–Kier alpha value is -1.35. The quantitative estimate of drug-likeness (QED) is 0.782. The summed E-state index contributed by atoms with van der Waals surface area (Å²) < 4.78 is 5.53. The average Bonchev–Trinajstić information content (AvgIpc) is 2.49. The Kier molecular flexibility index (Phi) is 6.24. The fourth-order valence-electron chi connectivity index (χ4n) is 2.85. The lowest BCUT2D eigenvalue weighted by atomic mass is 9.82. The molecule has 0 aliphatic heterocycles. The van der Waals surface area contributed by atoms with Gasteiger partial charge in [-0.2, -0.15) is 0 Å². The van der Waals surface area contributed by atoms with E-state index in [9.17, 15) is 4.79 Å². The van der Waals surface area contributed by atoms with Crippen LogP contribution in [0.3, 0.4) is 0 Å². The third kappa shape index (κ3) is 4.85. The predicted molar refractivity (Wildman–Crippen MR) is 85.4 cm³/mol. The van der Waals surface area contributed by atoms with Gasteiger partial charge < -0.3 is 10.1 Å². The lowest BCUT2D eigenvalue weighted by molar-refractivity contribution is -0.122. The highest BCUT2D eigenvalue weighted by molar-refractivity contribution is 5.84. The van der Waals surface area contributed by atoms with E-state index in [2.05, 4.69) is 37.4 Å². The van der Waals surface area contributed by atoms with Gasteiger partial charge in [0.25, 0.3) is 0 Å². The summed E-state index contributed by atoms with van der Waals surface area (Å²) >= 11 is 0. The summed E-state index contributed by atoms with van der Waals surface area (Å²) in [5, 5.41) is 3.06. The van der Waals surface area contributed by atoms with Crippen LogP contribution in [-0.4, -0.2) is 25.7 Å². The molecule has 0 bridgehead atoms. The zero-order valence-corrected chi connectivity index (χ0v) is 13.2. The largest absolute Gasteiger partial charge is 0.381 e. The Morgan fingerprint density at radius 1 is 1.38 bits per heavy atom. The molecule has 1 amide bonds. The molecule has 2 rings (SSSR count). The van der Waals surface area contributed by atoms with Crippen molar-refractivity contribution in [3.63, 3.8) is 0 Å². The first-order chi connectivity index (χ1) is 10.2. The SMILES string of the molecule is CC(C)COCCCNC(=O)C1CCCc2ccccc21. The Morgan fingerprint density at radius 2 is 2.19 bits per heavy atom. The number of nitrogens with one attached hydrogen (secondary N) is 1. The van der Waals surface area contributed by atoms with Crippen molar-refractivity contribution in [2.24, 2.45) is 5.92 Å². The number of aryl methyl sites for hydroxylation is 1. The summed E-state index contributed by atoms with van der Waals surface area (Å²) in [4.78, 5) is 12.3. The van der Waals surface area contributed by atoms with Gasteiger partial charge >= 0.3 is 0 Å². The Labute approximate surface area is 128 Å². The van der Waals surface area contributed by atoms with Crippen LogP contribution >= 0.6 is 0 Å². The molecule has 0 saturated heterocycles. The van der Waals surface area contributed by atoms with Gasteiger partial charge in [0, 0.05) is 19.8 Å². The van der Waals surface area contributed by atoms with E-state index in [4.69, 9.17) is 4.74 Å². The number of rotatable bonds is 7. The standard InChI is InChI=1S/C18H27NO2/c1-14(2)13-21-12-6-11-19-18(20)17-10-5-8-15-7-3-4-9-16(15)17/h3-4,7,9,14,17H,5-6,8,10-13H2,1-2H3,(H,19,20). The minimum atomic E-state index is 0.0338. The number of benzene rings is 1. The smallest absolute Gasteiger partial charge is 0.227 e. The van der Waals surface area contributed by atoms with Crippen molar-refractivity contribution in [2.45, 2.75) is 45.4 Å². The van der Waals surface area contributed by atoms with Crippen molar-refractivity contribution < 1.29 is 9.53 Å². The van der Waals surface area contributed by atoms with Gasteiger partial charge in [-0.1, -0.05) is 38.1 Å². The summed E-state index contributed by atoms with van der Waals surface area (Å²) in [6.45, 7) is 6.50. The van der Waals surface area contributed by atoms with Crippen LogP contribution in [0.1, 0.15) is 50.2 Å². The third-order valence-corrected chi connectivity index (χ3v) is 3.90. The molecule has 1 atom stereocenters. The molecular formula is C18H27NO2. The summed E-state index contributed by atoms with van der Waals surface area (Å²) in [7, 11) is 0. The van der Waals surface area contributed by atoms with Crippen LogP contribution in [0.4, 0.5) is 0 Å². The number of hydrogen-bond acceptors (Lipinski definition) is 2. The second kappa shape index (κ2) is 8.18. The molecule has 0 fully saturated rings. The fraction of sp³-hybridized carbons (Fsp3) is 0.611. The molecule has 0 saturated carbocycles. The minimum Gasteiger partial charge on any atom is -0.381 e. The van der Waals surface area contributed by atoms with E-state index in [-0.39, 0.29) is 11.8 Å². The number of carbonyl (C=O) groups is 1. The van der Waals surface area contributed by atoms with E-state index in [0.29, 0.717) is 12.5 Å². The highest BCUT2D eigenvalue weighted by Crippen LogP contribution is 2.31. The van der Waals surface area contributed by atoms with E-state index >= 15 is 0 Å². The molecule has 0 spiro atoms. The van der Waals surface area contributed by atoms with Crippen molar-refractivity contribution in [1.82, 2.24) is 5.32 Å². The van der Waals surface area contributed by atoms with E-state index in [1.165, 1.54) is 11.1 Å². The molecule has 0 radical (unpaired) electrons. The lowest BCUT2D eigenvalue weighted by Crippen LogP contribution is -2.32. The fourth-order valence-corrected chi connectivity index (χ4v) is 2.85. The van der Waals surface area contributed by atoms with Crippen LogP contribution in [0.5, 0.6) is 0 Å². The maximum absolute atomic E-state index is 12.3. The molecule has 3 nitrogen and oxygen atoms in total. The monoisotopic (exact) mass is 289 g/mol. The van der Waals surface area contributed by atoms with Crippen LogP contribution in [0.25, 0.3) is 0 Å². The summed E-state index contributed by atoms with van der Waals surface area (Å²) in [6.07, 6.45) is 4.05. The van der Waals surface area contributed by atoms with Crippen molar-refractivity contribution in [2.75, 3.05) is 19.8 Å². The van der Waals surface area contributed by atoms with Gasteiger partial charge in [0.05, 0.1) is 5.92 Å². The van der Waals surface area contributed by atoms with Crippen LogP contribution in [-0.2, 0) is 16.0 Å². The first kappa shape index (κ1) is 16.0. The zero-order valence-electron chi connectivity index (χ0n) is 13.2. The molecular weight excluding hydrogens is 262 g/mol. The predicted octanol–water partition coefficient (Wildman–Crippen LogP) is 3.29. The Bertz CT molecular complexity index is 456. The normalized spacial score (nSPS) is 17.6. The molecule has 1 aliphatic rings. The Balaban J connectivity index is 1.74. The van der Waals surface area contributed by atoms with Crippen molar-refractivity contribution in [3.8, 4) is 0 Å². The van der Waals surface area contributed by atoms with Crippen molar-refractivity contribution in [3.05, 3.63) is 35.4 Å². The Morgan fingerprint density at radius 3 is 3.00 bits per heavy atom. The topological polar surface area (TPSA) is 38.3 Å². The third-order valence-electron chi connectivity index (χ3n) is 3.90. The lowest BCUT2D eigenvalue weighted by Gasteiger charge is -2.24. The minimum absolute atomic E-state index is 0.0338. The average molecular weight is 289 g/mol. The van der Waals surface area contributed by atoms with Gasteiger partial charge in [-0.05, 0) is 42.7 Å². The van der Waals surface area contributed by atoms with Gasteiger partial charge in [-0.3, -0.25) is 4.79 Å². The van der Waals surface area contributed by atoms with Gasteiger partial charge in [0.15, 0.2) is 0 Å². The molecule has 1 aromatic rings. The first-order valence-corrected chi connectivity index (χ1v) is 8.11. The molecule has 116 valence electrons. The number of carbonyl (C=O) groups excluding carboxylic acids is 1. The summed E-state index contributed by atoms with van der Waals surface area (Å²) in [5.74, 6) is 0.774. The highest BCUT2D eigenvalue weighted by atomic mass is 16.5. The van der Waals surface area contributed by atoms with E-state index in [1.807, 2.05) is 6.07 Å². The van der Waals surface area contributed by atoms with Crippen LogP contribution in [0.2, 0.25) is 0 Å². The van der Waals surface area contributed by atoms with Gasteiger partial charge in [0.2, 0.25) is 5.91 Å². The van der Waals surface area contributed by atoms with Crippen LogP contribution in [0, 0.1) is 5.92 Å². The molecule has 1 aliphatic carbocycles. The van der Waals surface area contributed by atoms with Crippen LogP contribution in [0.15, 0.2) is 24.3 Å². The van der Waals surface area contributed by atoms with E-state index in [0.717, 1.165) is 38.9 Å². The number of amides is 1. The molecule has 1 N–H and O–H groups in total.